The van der Waals surface area contributed by atoms with Crippen LogP contribution in [0, 0.1) is 6.92 Å². The molecule has 26 heavy (non-hydrogen) atoms. The third-order valence-electron chi connectivity index (χ3n) is 5.42. The Bertz CT molecular complexity index is 602. The van der Waals surface area contributed by atoms with Gasteiger partial charge in [0.25, 0.3) is 0 Å². The summed E-state index contributed by atoms with van der Waals surface area (Å²) in [7, 11) is 0. The van der Waals surface area contributed by atoms with Crippen molar-refractivity contribution in [3.05, 3.63) is 45.3 Å². The molecule has 0 fully saturated rings. The normalized spacial score (nSPS) is 11.2. The molecule has 1 aromatic rings. The predicted octanol–water partition coefficient (Wildman–Crippen LogP) is 7.38. The van der Waals surface area contributed by atoms with Crippen LogP contribution in [0.4, 0.5) is 0 Å². The van der Waals surface area contributed by atoms with E-state index in [1.807, 2.05) is 13.0 Å². The van der Waals surface area contributed by atoms with Gasteiger partial charge in [-0.25, -0.2) is 0 Å². The van der Waals surface area contributed by atoms with Crippen LogP contribution in [-0.2, 0) is 4.44 Å². The number of hydrogen-bond donors (Lipinski definition) is 0. The Morgan fingerprint density at radius 1 is 1.04 bits per heavy atom. The van der Waals surface area contributed by atoms with Crippen molar-refractivity contribution in [1.29, 1.82) is 0 Å². The predicted molar refractivity (Wildman–Crippen MR) is 113 cm³/mol. The number of unbranched alkanes of at least 4 members (excludes halogenated alkanes) is 3. The first kappa shape index (κ1) is 23.0. The van der Waals surface area contributed by atoms with Gasteiger partial charge in [0, 0.05) is 0 Å². The molecule has 1 rings (SSSR count). The van der Waals surface area contributed by atoms with Gasteiger partial charge in [0.1, 0.15) is 0 Å². The molecule has 0 spiro atoms. The molecule has 0 saturated carbocycles. The molecule has 1 aromatic carbocycles. The van der Waals surface area contributed by atoms with E-state index in [1.54, 1.807) is 0 Å². The summed E-state index contributed by atoms with van der Waals surface area (Å²) in [6.07, 6.45) is 7.97. The van der Waals surface area contributed by atoms with Gasteiger partial charge in [-0.1, -0.05) is 0 Å². The molecule has 0 unspecified atom stereocenters. The molecule has 0 aromatic heterocycles. The van der Waals surface area contributed by atoms with Crippen molar-refractivity contribution in [2.75, 3.05) is 0 Å². The van der Waals surface area contributed by atoms with Gasteiger partial charge < -0.3 is 0 Å². The van der Waals surface area contributed by atoms with E-state index in [-0.39, 0.29) is 0 Å². The maximum atomic E-state index is 11.9. The van der Waals surface area contributed by atoms with Gasteiger partial charge in [-0.2, -0.15) is 0 Å². The number of hydrogen-bond acceptors (Lipinski definition) is 1. The van der Waals surface area contributed by atoms with Crippen LogP contribution in [0.5, 0.6) is 0 Å². The third-order valence-corrected chi connectivity index (χ3v) is 20.8. The van der Waals surface area contributed by atoms with E-state index in [4.69, 9.17) is 5.53 Å². The molecule has 0 bridgehead atoms. The fraction of sp³-hybridized carbons (Fsp3) is 0.667. The number of rotatable bonds is 12. The molecule has 0 radical (unpaired) electrons. The monoisotopic (exact) mass is 465 g/mol. The van der Waals surface area contributed by atoms with Crippen molar-refractivity contribution in [3.63, 3.8) is 0 Å². The zero-order chi connectivity index (χ0) is 19.4. The molecule has 0 aliphatic rings. The van der Waals surface area contributed by atoms with Crippen LogP contribution >= 0.6 is 0 Å². The Balaban J connectivity index is 3.08. The molecular weight excluding hydrogens is 429 g/mol. The number of carbonyl (C=O) groups excluding carboxylic acids is 1. The van der Waals surface area contributed by atoms with Gasteiger partial charge in [0.2, 0.25) is 0 Å². The number of carbonyl (C=O) groups is 1. The minimum atomic E-state index is -2.23. The van der Waals surface area contributed by atoms with Crippen LogP contribution in [0.1, 0.15) is 80.8 Å². The number of aryl methyl sites for hydroxylation is 1. The second-order valence-corrected chi connectivity index (χ2v) is 21.5. The Morgan fingerprint density at radius 3 is 2.00 bits per heavy atom. The Morgan fingerprint density at radius 2 is 1.58 bits per heavy atom. The fourth-order valence-corrected chi connectivity index (χ4v) is 20.1. The Labute approximate surface area is 163 Å². The van der Waals surface area contributed by atoms with Crippen LogP contribution in [0.2, 0.25) is 13.3 Å². The Hall–Kier alpha value is -1.00. The molecule has 4 nitrogen and oxygen atoms in total. The van der Waals surface area contributed by atoms with Gasteiger partial charge in [0.15, 0.2) is 0 Å². The average Bonchev–Trinajstić information content (AvgIpc) is 2.63. The first-order chi connectivity index (χ1) is 12.5. The van der Waals surface area contributed by atoms with E-state index < -0.39 is 24.3 Å². The molecule has 0 saturated heterocycles. The molecule has 0 aliphatic carbocycles. The van der Waals surface area contributed by atoms with Gasteiger partial charge in [-0.05, 0) is 0 Å². The van der Waals surface area contributed by atoms with Crippen LogP contribution in [0.25, 0.3) is 10.4 Å². The summed E-state index contributed by atoms with van der Waals surface area (Å²) in [6.45, 7) is 8.86. The van der Waals surface area contributed by atoms with Crippen molar-refractivity contribution in [1.82, 2.24) is 0 Å². The van der Waals surface area contributed by atoms with Crippen LogP contribution < -0.4 is 0 Å². The number of nitrogens with zero attached hydrogens (tertiary/aromatic N) is 3. The zero-order valence-electron chi connectivity index (χ0n) is 17.1. The summed E-state index contributed by atoms with van der Waals surface area (Å²) in [6, 6.07) is 6.12. The van der Waals surface area contributed by atoms with E-state index in [9.17, 15) is 4.79 Å². The maximum absolute atomic E-state index is 11.9. The molecular formula is C21H35N3OSn. The molecule has 0 atom stereocenters. The summed E-state index contributed by atoms with van der Waals surface area (Å²) in [5.74, 6) is -0.478. The molecule has 5 heteroatoms. The molecule has 0 N–H and O–H groups in total. The van der Waals surface area contributed by atoms with Crippen molar-refractivity contribution >= 4 is 24.3 Å². The van der Waals surface area contributed by atoms with E-state index >= 15 is 0 Å². The second-order valence-electron chi connectivity index (χ2n) is 7.63. The zero-order valence-corrected chi connectivity index (χ0v) is 19.9. The standard InChI is InChI=1S/C9H8N3O.3C4H9.Sn/c1-6-3-4-8(7(2)5-6)9(13)11-12-10;3*1-3-4-2;/h3-5H,1H2,2H3;3*1,3-4H2,2H3;. The average molecular weight is 464 g/mol. The van der Waals surface area contributed by atoms with Crippen LogP contribution in [0.3, 0.4) is 0 Å². The van der Waals surface area contributed by atoms with Crippen molar-refractivity contribution in [3.8, 4) is 0 Å². The van der Waals surface area contributed by atoms with Crippen LogP contribution in [-0.4, -0.2) is 24.3 Å². The van der Waals surface area contributed by atoms with Crippen molar-refractivity contribution < 1.29 is 4.79 Å². The van der Waals surface area contributed by atoms with Gasteiger partial charge in [-0.3, -0.25) is 0 Å². The summed E-state index contributed by atoms with van der Waals surface area (Å²) < 4.78 is 5.75. The van der Waals surface area contributed by atoms with Gasteiger partial charge in [-0.15, -0.1) is 0 Å². The molecule has 1 amide bonds. The molecule has 0 aliphatic heterocycles. The first-order valence-electron chi connectivity index (χ1n) is 10.2. The van der Waals surface area contributed by atoms with Crippen molar-refractivity contribution in [2.24, 2.45) is 5.11 Å². The fourth-order valence-electron chi connectivity index (χ4n) is 3.90. The number of azide groups is 1. The minimum absolute atomic E-state index is 0.478. The quantitative estimate of drug-likeness (QED) is 0.138. The van der Waals surface area contributed by atoms with E-state index in [1.165, 1.54) is 61.8 Å². The third kappa shape index (κ3) is 7.32. The number of amides is 1. The summed E-state index contributed by atoms with van der Waals surface area (Å²) >= 11 is -2.23. The number of benzene rings is 1. The SMILES string of the molecule is CCC[CH2][Sn]([CH2]CCC)([CH2]CCC)[CH2]c1ccc(C(=O)N=[N+]=[N-])c(C)c1. The van der Waals surface area contributed by atoms with E-state index in [2.05, 4.69) is 42.9 Å². The first-order valence-corrected chi connectivity index (χ1v) is 18.3. The van der Waals surface area contributed by atoms with E-state index in [0.29, 0.717) is 5.56 Å². The van der Waals surface area contributed by atoms with Gasteiger partial charge in [0.05, 0.1) is 0 Å². The molecule has 0 heterocycles. The second kappa shape index (κ2) is 12.4. The summed E-state index contributed by atoms with van der Waals surface area (Å²) in [4.78, 5) is 14.5. The van der Waals surface area contributed by atoms with Gasteiger partial charge >= 0.3 is 163 Å². The summed E-state index contributed by atoms with van der Waals surface area (Å²) in [5, 5.41) is 3.24. The van der Waals surface area contributed by atoms with E-state index in [0.717, 1.165) is 5.56 Å². The Kier molecular flexibility index (Phi) is 11.0. The van der Waals surface area contributed by atoms with Crippen molar-refractivity contribution in [2.45, 2.75) is 84.0 Å². The molecule has 144 valence electrons. The topological polar surface area (TPSA) is 65.8 Å². The van der Waals surface area contributed by atoms with Crippen LogP contribution in [0.15, 0.2) is 23.3 Å². The summed E-state index contributed by atoms with van der Waals surface area (Å²) in [5.41, 5.74) is 11.3.